The fourth-order valence-electron chi connectivity index (χ4n) is 3.96. The Labute approximate surface area is 237 Å². The van der Waals surface area contributed by atoms with Gasteiger partial charge < -0.3 is 34.3 Å². The van der Waals surface area contributed by atoms with Crippen molar-refractivity contribution in [3.8, 4) is 17.2 Å². The molecule has 0 fully saturated rings. The van der Waals surface area contributed by atoms with Crippen molar-refractivity contribution in [2.24, 2.45) is 0 Å². The Bertz CT molecular complexity index is 1200. The summed E-state index contributed by atoms with van der Waals surface area (Å²) in [4.78, 5) is 11.9. The van der Waals surface area contributed by atoms with Gasteiger partial charge in [-0.3, -0.25) is 0 Å². The van der Waals surface area contributed by atoms with Crippen LogP contribution in [-0.2, 0) is 29.0 Å². The molecular weight excluding hydrogens is 508 g/mol. The summed E-state index contributed by atoms with van der Waals surface area (Å²) in [6.07, 6.45) is 0.269. The second-order valence-electron chi connectivity index (χ2n) is 10.4. The van der Waals surface area contributed by atoms with E-state index in [9.17, 15) is 4.79 Å². The van der Waals surface area contributed by atoms with Crippen LogP contribution in [0.5, 0.6) is 17.2 Å². The summed E-state index contributed by atoms with van der Waals surface area (Å²) in [7, 11) is 3.26. The quantitative estimate of drug-likeness (QED) is 0.228. The van der Waals surface area contributed by atoms with Crippen LogP contribution in [0.2, 0.25) is 0 Å². The van der Waals surface area contributed by atoms with Crippen LogP contribution in [0.4, 0.5) is 10.5 Å². The molecule has 0 spiro atoms. The molecule has 0 aliphatic heterocycles. The Morgan fingerprint density at radius 1 is 0.875 bits per heavy atom. The number of aryl methyl sites for hydroxylation is 1. The predicted molar refractivity (Wildman–Crippen MR) is 158 cm³/mol. The first-order valence-corrected chi connectivity index (χ1v) is 13.5. The highest BCUT2D eigenvalue weighted by Gasteiger charge is 2.16. The van der Waals surface area contributed by atoms with E-state index in [-0.39, 0.29) is 0 Å². The van der Waals surface area contributed by atoms with Crippen LogP contribution in [0, 0.1) is 6.92 Å². The number of hydrogen-bond acceptors (Lipinski definition) is 7. The van der Waals surface area contributed by atoms with E-state index < -0.39 is 11.7 Å². The molecule has 0 saturated carbocycles. The number of carbonyl (C=O) groups is 1. The van der Waals surface area contributed by atoms with Crippen LogP contribution in [0.1, 0.15) is 43.0 Å². The minimum atomic E-state index is -0.517. The van der Waals surface area contributed by atoms with E-state index in [0.29, 0.717) is 56.6 Å². The normalized spacial score (nSPS) is 11.1. The van der Waals surface area contributed by atoms with Crippen molar-refractivity contribution in [3.63, 3.8) is 0 Å². The first-order chi connectivity index (χ1) is 19.2. The maximum Gasteiger partial charge on any atom is 0.407 e. The van der Waals surface area contributed by atoms with E-state index in [1.807, 2.05) is 51.1 Å². The van der Waals surface area contributed by atoms with Crippen LogP contribution >= 0.6 is 0 Å². The summed E-state index contributed by atoms with van der Waals surface area (Å²) in [6, 6.07) is 20.1. The van der Waals surface area contributed by atoms with Crippen molar-refractivity contribution in [1.29, 1.82) is 0 Å². The van der Waals surface area contributed by atoms with E-state index in [1.54, 1.807) is 14.2 Å². The van der Waals surface area contributed by atoms with Gasteiger partial charge in [-0.1, -0.05) is 42.0 Å². The van der Waals surface area contributed by atoms with E-state index in [4.69, 9.17) is 23.7 Å². The zero-order valence-corrected chi connectivity index (χ0v) is 24.5. The second kappa shape index (κ2) is 15.0. The molecule has 0 unspecified atom stereocenters. The monoisotopic (exact) mass is 550 g/mol. The zero-order valence-electron chi connectivity index (χ0n) is 24.5. The van der Waals surface area contributed by atoms with Gasteiger partial charge in [-0.05, 0) is 57.4 Å². The molecule has 1 amide bonds. The van der Waals surface area contributed by atoms with Crippen molar-refractivity contribution < 1.29 is 28.5 Å². The van der Waals surface area contributed by atoms with E-state index in [0.717, 1.165) is 22.4 Å². The summed E-state index contributed by atoms with van der Waals surface area (Å²) in [5.41, 5.74) is 4.76. The number of alkyl carbamates (subject to hydrolysis) is 1. The predicted octanol–water partition coefficient (Wildman–Crippen LogP) is 6.29. The maximum absolute atomic E-state index is 11.9. The van der Waals surface area contributed by atoms with Crippen molar-refractivity contribution >= 4 is 11.8 Å². The number of rotatable bonds is 14. The van der Waals surface area contributed by atoms with Gasteiger partial charge in [0.2, 0.25) is 0 Å². The number of anilines is 1. The number of hydrogen-bond donors (Lipinski definition) is 2. The van der Waals surface area contributed by atoms with Crippen molar-refractivity contribution in [2.45, 2.75) is 52.9 Å². The minimum absolute atomic E-state index is 0.408. The number of methoxy groups -OCH3 is 2. The van der Waals surface area contributed by atoms with Gasteiger partial charge in [0.05, 0.1) is 33.0 Å². The highest BCUT2D eigenvalue weighted by atomic mass is 16.6. The molecule has 216 valence electrons. The molecule has 0 heterocycles. The molecule has 2 N–H and O–H groups in total. The Morgan fingerprint density at radius 2 is 1.57 bits per heavy atom. The molecule has 0 aliphatic carbocycles. The molecule has 0 saturated heterocycles. The molecule has 3 aromatic rings. The highest BCUT2D eigenvalue weighted by molar-refractivity contribution is 5.67. The molecule has 0 atom stereocenters. The third-order valence-electron chi connectivity index (χ3n) is 5.95. The third-order valence-corrected chi connectivity index (χ3v) is 5.95. The van der Waals surface area contributed by atoms with Crippen LogP contribution in [0.3, 0.4) is 0 Å². The topological polar surface area (TPSA) is 87.3 Å². The Hall–Kier alpha value is -3.91. The van der Waals surface area contributed by atoms with Crippen LogP contribution < -0.4 is 24.8 Å². The summed E-state index contributed by atoms with van der Waals surface area (Å²) in [6.45, 7) is 9.99. The zero-order chi connectivity index (χ0) is 29.0. The molecule has 8 nitrogen and oxygen atoms in total. The molecule has 40 heavy (non-hydrogen) atoms. The van der Waals surface area contributed by atoms with Gasteiger partial charge in [0.15, 0.2) is 0 Å². The largest absolute Gasteiger partial charge is 0.496 e. The molecule has 3 rings (SSSR count). The maximum atomic E-state index is 11.9. The summed E-state index contributed by atoms with van der Waals surface area (Å²) < 4.78 is 28.3. The number of benzene rings is 3. The summed E-state index contributed by atoms with van der Waals surface area (Å²) in [5.74, 6) is 1.98. The lowest BCUT2D eigenvalue weighted by atomic mass is 10.1. The van der Waals surface area contributed by atoms with E-state index in [1.165, 1.54) is 5.56 Å². The first-order valence-electron chi connectivity index (χ1n) is 13.5. The average Bonchev–Trinajstić information content (AvgIpc) is 2.91. The lowest BCUT2D eigenvalue weighted by Gasteiger charge is -2.19. The molecule has 0 bridgehead atoms. The molecule has 8 heteroatoms. The summed E-state index contributed by atoms with van der Waals surface area (Å²) in [5, 5.41) is 6.24. The van der Waals surface area contributed by atoms with Gasteiger partial charge in [-0.2, -0.15) is 0 Å². The highest BCUT2D eigenvalue weighted by Crippen LogP contribution is 2.34. The number of ether oxygens (including phenoxy) is 5. The van der Waals surface area contributed by atoms with Crippen molar-refractivity contribution in [3.05, 3.63) is 82.9 Å². The summed E-state index contributed by atoms with van der Waals surface area (Å²) >= 11 is 0. The average molecular weight is 551 g/mol. The Morgan fingerprint density at radius 3 is 2.23 bits per heavy atom. The van der Waals surface area contributed by atoms with Gasteiger partial charge in [0.1, 0.15) is 29.5 Å². The number of nitrogens with one attached hydrogen (secondary N) is 2. The van der Waals surface area contributed by atoms with Crippen molar-refractivity contribution in [1.82, 2.24) is 5.32 Å². The van der Waals surface area contributed by atoms with E-state index >= 15 is 0 Å². The Kier molecular flexibility index (Phi) is 11.5. The fraction of sp³-hybridized carbons (Fsp3) is 0.406. The second-order valence-corrected chi connectivity index (χ2v) is 10.4. The number of amides is 1. The third kappa shape index (κ3) is 10.3. The van der Waals surface area contributed by atoms with Crippen LogP contribution in [0.15, 0.2) is 60.7 Å². The fourth-order valence-corrected chi connectivity index (χ4v) is 3.96. The van der Waals surface area contributed by atoms with Gasteiger partial charge in [0, 0.05) is 30.9 Å². The molecular formula is C32H42N2O6. The van der Waals surface area contributed by atoms with Crippen LogP contribution in [-0.4, -0.2) is 45.7 Å². The van der Waals surface area contributed by atoms with Crippen LogP contribution in [0.25, 0.3) is 0 Å². The Balaban J connectivity index is 1.52. The molecule has 3 aromatic carbocycles. The number of carbonyl (C=O) groups excluding carboxylic acids is 1. The lowest BCUT2D eigenvalue weighted by molar-refractivity contribution is 0.0528. The standard InChI is InChI=1S/C32H42N2O6/c1-23-10-12-25(13-11-23)22-38-16-17-39-27-19-29(36-5)28(30(20-27)37-6)21-34-26-9-7-8-24(18-26)14-15-33-31(35)40-32(2,3)4/h7-13,18-20,34H,14-17,21-22H2,1-6H3,(H,33,35). The first kappa shape index (κ1) is 30.6. The SMILES string of the molecule is COc1cc(OCCOCc2ccc(C)cc2)cc(OC)c1CNc1cccc(CCNC(=O)OC(C)(C)C)c1. The van der Waals surface area contributed by atoms with Crippen molar-refractivity contribution in [2.75, 3.05) is 39.3 Å². The molecule has 0 aromatic heterocycles. The van der Waals surface area contributed by atoms with E-state index in [2.05, 4.69) is 47.9 Å². The molecule has 0 radical (unpaired) electrons. The smallest absolute Gasteiger partial charge is 0.407 e. The minimum Gasteiger partial charge on any atom is -0.496 e. The molecule has 0 aliphatic rings. The lowest BCUT2D eigenvalue weighted by Crippen LogP contribution is -2.33. The van der Waals surface area contributed by atoms with Gasteiger partial charge >= 0.3 is 6.09 Å². The van der Waals surface area contributed by atoms with Gasteiger partial charge in [0.25, 0.3) is 0 Å². The van der Waals surface area contributed by atoms with Gasteiger partial charge in [-0.25, -0.2) is 4.79 Å². The van der Waals surface area contributed by atoms with Gasteiger partial charge in [-0.15, -0.1) is 0 Å².